The summed E-state index contributed by atoms with van der Waals surface area (Å²) >= 11 is 11.3. The number of amides is 1. The summed E-state index contributed by atoms with van der Waals surface area (Å²) < 4.78 is 38.8. The van der Waals surface area contributed by atoms with E-state index in [0.29, 0.717) is 10.7 Å². The Labute approximate surface area is 140 Å². The third kappa shape index (κ3) is 5.04. The van der Waals surface area contributed by atoms with E-state index in [1.54, 1.807) is 24.3 Å². The number of alkyl halides is 3. The van der Waals surface area contributed by atoms with Crippen LogP contribution in [-0.2, 0) is 11.0 Å². The lowest BCUT2D eigenvalue weighted by Crippen LogP contribution is -2.23. The minimum Gasteiger partial charge on any atom is -0.376 e. The number of hydrogen-bond donors (Lipinski definition) is 2. The van der Waals surface area contributed by atoms with Crippen LogP contribution in [0.25, 0.3) is 0 Å². The first-order valence-electron chi connectivity index (χ1n) is 6.42. The zero-order chi connectivity index (χ0) is 17.0. The highest BCUT2D eigenvalue weighted by Crippen LogP contribution is 2.36. The third-order valence-corrected chi connectivity index (χ3v) is 3.35. The first-order valence-corrected chi connectivity index (χ1v) is 7.17. The van der Waals surface area contributed by atoms with Crippen LogP contribution in [-0.4, -0.2) is 12.5 Å². The van der Waals surface area contributed by atoms with Crippen molar-refractivity contribution in [3.8, 4) is 0 Å². The van der Waals surface area contributed by atoms with Crippen molar-refractivity contribution < 1.29 is 18.0 Å². The topological polar surface area (TPSA) is 41.1 Å². The molecule has 2 rings (SSSR count). The highest BCUT2D eigenvalue weighted by molar-refractivity contribution is 6.31. The molecule has 0 aliphatic rings. The summed E-state index contributed by atoms with van der Waals surface area (Å²) in [6, 6.07) is 9.72. The lowest BCUT2D eigenvalue weighted by Gasteiger charge is -2.14. The van der Waals surface area contributed by atoms with Crippen LogP contribution < -0.4 is 10.6 Å². The van der Waals surface area contributed by atoms with Gasteiger partial charge in [-0.3, -0.25) is 4.79 Å². The van der Waals surface area contributed by atoms with Crippen LogP contribution in [0.15, 0.2) is 42.5 Å². The van der Waals surface area contributed by atoms with Crippen LogP contribution in [0.2, 0.25) is 10.0 Å². The summed E-state index contributed by atoms with van der Waals surface area (Å²) in [4.78, 5) is 11.8. The summed E-state index contributed by atoms with van der Waals surface area (Å²) in [6.45, 7) is -0.193. The molecule has 1 amide bonds. The van der Waals surface area contributed by atoms with E-state index >= 15 is 0 Å². The molecule has 2 aromatic carbocycles. The Balaban J connectivity index is 2.04. The lowest BCUT2D eigenvalue weighted by molar-refractivity contribution is -0.137. The standard InChI is InChI=1S/C15H11Cl2F3N2O/c16-9-1-4-11(5-2-9)21-8-14(23)22-13-6-3-10(17)7-12(13)15(18,19)20/h1-7,21H,8H2,(H,22,23). The minimum atomic E-state index is -4.61. The van der Waals surface area contributed by atoms with E-state index in [2.05, 4.69) is 10.6 Å². The van der Waals surface area contributed by atoms with E-state index in [4.69, 9.17) is 23.2 Å². The van der Waals surface area contributed by atoms with Gasteiger partial charge in [-0.2, -0.15) is 13.2 Å². The lowest BCUT2D eigenvalue weighted by atomic mass is 10.1. The van der Waals surface area contributed by atoms with Crippen LogP contribution in [0.5, 0.6) is 0 Å². The Morgan fingerprint density at radius 3 is 2.22 bits per heavy atom. The Bertz CT molecular complexity index is 703. The number of carbonyl (C=O) groups excluding carboxylic acids is 1. The fourth-order valence-electron chi connectivity index (χ4n) is 1.80. The summed E-state index contributed by atoms with van der Waals surface area (Å²) in [6.07, 6.45) is -4.61. The number of nitrogens with one attached hydrogen (secondary N) is 2. The summed E-state index contributed by atoms with van der Waals surface area (Å²) in [7, 11) is 0. The second kappa shape index (κ2) is 7.10. The van der Waals surface area contributed by atoms with Gasteiger partial charge in [-0.05, 0) is 42.5 Å². The Morgan fingerprint density at radius 2 is 1.61 bits per heavy atom. The zero-order valence-electron chi connectivity index (χ0n) is 11.5. The average Bonchev–Trinajstić information content (AvgIpc) is 2.47. The van der Waals surface area contributed by atoms with Crippen molar-refractivity contribution in [3.63, 3.8) is 0 Å². The SMILES string of the molecule is O=C(CNc1ccc(Cl)cc1)Nc1ccc(Cl)cc1C(F)(F)F. The van der Waals surface area contributed by atoms with E-state index in [1.807, 2.05) is 0 Å². The molecule has 0 unspecified atom stereocenters. The first kappa shape index (κ1) is 17.4. The molecule has 122 valence electrons. The van der Waals surface area contributed by atoms with Gasteiger partial charge in [0.25, 0.3) is 0 Å². The minimum absolute atomic E-state index is 0.0605. The molecule has 0 atom stereocenters. The summed E-state index contributed by atoms with van der Waals surface area (Å²) in [5.41, 5.74) is -0.716. The fraction of sp³-hybridized carbons (Fsp3) is 0.133. The van der Waals surface area contributed by atoms with E-state index in [9.17, 15) is 18.0 Å². The molecule has 0 heterocycles. The molecule has 0 aliphatic carbocycles. The maximum atomic E-state index is 12.9. The van der Waals surface area contributed by atoms with Crippen molar-refractivity contribution in [2.75, 3.05) is 17.2 Å². The van der Waals surface area contributed by atoms with Crippen molar-refractivity contribution in [2.24, 2.45) is 0 Å². The van der Waals surface area contributed by atoms with Gasteiger partial charge in [0, 0.05) is 15.7 Å². The molecule has 0 saturated heterocycles. The van der Waals surface area contributed by atoms with Crippen molar-refractivity contribution in [1.82, 2.24) is 0 Å². The van der Waals surface area contributed by atoms with E-state index in [0.717, 1.165) is 12.1 Å². The van der Waals surface area contributed by atoms with Gasteiger partial charge >= 0.3 is 6.18 Å². The molecule has 3 nitrogen and oxygen atoms in total. The number of rotatable bonds is 4. The molecule has 2 N–H and O–H groups in total. The molecule has 0 saturated carbocycles. The Hall–Kier alpha value is -1.92. The second-order valence-corrected chi connectivity index (χ2v) is 5.47. The van der Waals surface area contributed by atoms with Gasteiger partial charge < -0.3 is 10.6 Å². The van der Waals surface area contributed by atoms with Gasteiger partial charge in [0.05, 0.1) is 17.8 Å². The molecule has 0 aromatic heterocycles. The average molecular weight is 363 g/mol. The van der Waals surface area contributed by atoms with Crippen molar-refractivity contribution >= 4 is 40.5 Å². The molecule has 8 heteroatoms. The van der Waals surface area contributed by atoms with Crippen LogP contribution in [0.4, 0.5) is 24.5 Å². The monoisotopic (exact) mass is 362 g/mol. The maximum Gasteiger partial charge on any atom is 0.418 e. The number of carbonyl (C=O) groups is 1. The molecule has 23 heavy (non-hydrogen) atoms. The van der Waals surface area contributed by atoms with E-state index in [1.165, 1.54) is 6.07 Å². The fourth-order valence-corrected chi connectivity index (χ4v) is 2.10. The normalized spacial score (nSPS) is 11.2. The summed E-state index contributed by atoms with van der Waals surface area (Å²) in [5, 5.41) is 5.48. The van der Waals surface area contributed by atoms with Crippen LogP contribution >= 0.6 is 23.2 Å². The first-order chi connectivity index (χ1) is 10.8. The predicted molar refractivity (Wildman–Crippen MR) is 85.0 cm³/mol. The molecule has 0 bridgehead atoms. The van der Waals surface area contributed by atoms with Gasteiger partial charge in [0.15, 0.2) is 0 Å². The highest BCUT2D eigenvalue weighted by Gasteiger charge is 2.34. The smallest absolute Gasteiger partial charge is 0.376 e. The molecular formula is C15H11Cl2F3N2O. The maximum absolute atomic E-state index is 12.9. The van der Waals surface area contributed by atoms with Gasteiger partial charge in [-0.15, -0.1) is 0 Å². The number of anilines is 2. The summed E-state index contributed by atoms with van der Waals surface area (Å²) in [5.74, 6) is -0.618. The largest absolute Gasteiger partial charge is 0.418 e. The molecule has 0 radical (unpaired) electrons. The van der Waals surface area contributed by atoms with Crippen LogP contribution in [0, 0.1) is 0 Å². The highest BCUT2D eigenvalue weighted by atomic mass is 35.5. The van der Waals surface area contributed by atoms with Crippen molar-refractivity contribution in [3.05, 3.63) is 58.1 Å². The van der Waals surface area contributed by atoms with Gasteiger partial charge in [-0.1, -0.05) is 23.2 Å². The van der Waals surface area contributed by atoms with Crippen LogP contribution in [0.1, 0.15) is 5.56 Å². The zero-order valence-corrected chi connectivity index (χ0v) is 13.1. The molecule has 0 spiro atoms. The number of hydrogen-bond acceptors (Lipinski definition) is 2. The van der Waals surface area contributed by atoms with Crippen molar-refractivity contribution in [2.45, 2.75) is 6.18 Å². The Morgan fingerprint density at radius 1 is 1.00 bits per heavy atom. The molecule has 0 fully saturated rings. The Kier molecular flexibility index (Phi) is 5.38. The quantitative estimate of drug-likeness (QED) is 0.797. The number of halogens is 5. The molecule has 0 aliphatic heterocycles. The van der Waals surface area contributed by atoms with Crippen molar-refractivity contribution in [1.29, 1.82) is 0 Å². The van der Waals surface area contributed by atoms with Gasteiger partial charge in [0.2, 0.25) is 5.91 Å². The van der Waals surface area contributed by atoms with Gasteiger partial charge in [-0.25, -0.2) is 0 Å². The predicted octanol–water partition coefficient (Wildman–Crippen LogP) is 5.06. The second-order valence-electron chi connectivity index (χ2n) is 4.60. The van der Waals surface area contributed by atoms with E-state index in [-0.39, 0.29) is 17.3 Å². The van der Waals surface area contributed by atoms with E-state index < -0.39 is 17.6 Å². The molecule has 2 aromatic rings. The van der Waals surface area contributed by atoms with Crippen LogP contribution in [0.3, 0.4) is 0 Å². The third-order valence-electron chi connectivity index (χ3n) is 2.86. The molecular weight excluding hydrogens is 352 g/mol. The van der Waals surface area contributed by atoms with Gasteiger partial charge in [0.1, 0.15) is 0 Å². The number of benzene rings is 2.